The summed E-state index contributed by atoms with van der Waals surface area (Å²) in [7, 11) is -1.95. The van der Waals surface area contributed by atoms with Crippen LogP contribution in [0.1, 0.15) is 17.6 Å². The van der Waals surface area contributed by atoms with E-state index in [1.807, 2.05) is 18.4 Å². The standard InChI is InChI=1S/C11H14BrN3O2S2/c1-3-10-13-5-11(14-10)19(16,17)15(2)6-9-4-8(12)7-18-9/h4-5,7H,3,6H2,1-2H3,(H,13,14). The summed E-state index contributed by atoms with van der Waals surface area (Å²) in [5.41, 5.74) is 0. The van der Waals surface area contributed by atoms with E-state index in [1.165, 1.54) is 21.8 Å². The number of imidazole rings is 1. The Morgan fingerprint density at radius 2 is 2.26 bits per heavy atom. The van der Waals surface area contributed by atoms with Gasteiger partial charge in [0, 0.05) is 34.7 Å². The van der Waals surface area contributed by atoms with Crippen molar-refractivity contribution in [1.82, 2.24) is 14.3 Å². The molecule has 0 fully saturated rings. The Bertz CT molecular complexity index is 663. The lowest BCUT2D eigenvalue weighted by Gasteiger charge is -2.14. The Kier molecular flexibility index (Phi) is 4.44. The van der Waals surface area contributed by atoms with Gasteiger partial charge < -0.3 is 4.98 Å². The van der Waals surface area contributed by atoms with Gasteiger partial charge in [0.2, 0.25) is 0 Å². The van der Waals surface area contributed by atoms with Crippen molar-refractivity contribution in [1.29, 1.82) is 0 Å². The van der Waals surface area contributed by atoms with Crippen LogP contribution in [0, 0.1) is 0 Å². The SMILES string of the molecule is CCc1ncc(S(=O)(=O)N(C)Cc2cc(Br)cs2)[nH]1. The summed E-state index contributed by atoms with van der Waals surface area (Å²) in [6.07, 6.45) is 2.05. The molecule has 2 heterocycles. The molecule has 1 N–H and O–H groups in total. The lowest BCUT2D eigenvalue weighted by atomic mass is 10.5. The Morgan fingerprint density at radius 3 is 2.79 bits per heavy atom. The summed E-state index contributed by atoms with van der Waals surface area (Å²) < 4.78 is 26.9. The monoisotopic (exact) mass is 363 g/mol. The molecule has 5 nitrogen and oxygen atoms in total. The maximum atomic E-state index is 12.3. The van der Waals surface area contributed by atoms with Gasteiger partial charge in [-0.25, -0.2) is 13.4 Å². The highest BCUT2D eigenvalue weighted by molar-refractivity contribution is 9.10. The summed E-state index contributed by atoms with van der Waals surface area (Å²) in [6, 6.07) is 1.92. The van der Waals surface area contributed by atoms with Crippen LogP contribution in [-0.4, -0.2) is 29.7 Å². The van der Waals surface area contributed by atoms with E-state index in [0.29, 0.717) is 18.8 Å². The van der Waals surface area contributed by atoms with Crippen molar-refractivity contribution in [3.8, 4) is 0 Å². The maximum Gasteiger partial charge on any atom is 0.260 e. The molecule has 19 heavy (non-hydrogen) atoms. The van der Waals surface area contributed by atoms with Gasteiger partial charge in [0.1, 0.15) is 5.82 Å². The number of aromatic nitrogens is 2. The van der Waals surface area contributed by atoms with E-state index >= 15 is 0 Å². The van der Waals surface area contributed by atoms with Crippen molar-refractivity contribution in [3.05, 3.63) is 32.8 Å². The van der Waals surface area contributed by atoms with Gasteiger partial charge in [-0.3, -0.25) is 0 Å². The summed E-state index contributed by atoms with van der Waals surface area (Å²) in [5.74, 6) is 0.672. The lowest BCUT2D eigenvalue weighted by molar-refractivity contribution is 0.467. The van der Waals surface area contributed by atoms with Crippen molar-refractivity contribution in [2.24, 2.45) is 0 Å². The highest BCUT2D eigenvalue weighted by atomic mass is 79.9. The summed E-state index contributed by atoms with van der Waals surface area (Å²) >= 11 is 4.88. The molecule has 2 rings (SSSR count). The molecule has 0 aliphatic carbocycles. The summed E-state index contributed by atoms with van der Waals surface area (Å²) in [6.45, 7) is 2.27. The van der Waals surface area contributed by atoms with Crippen LogP contribution in [0.3, 0.4) is 0 Å². The zero-order chi connectivity index (χ0) is 14.0. The molecule has 0 saturated heterocycles. The van der Waals surface area contributed by atoms with Crippen LogP contribution in [0.15, 0.2) is 27.1 Å². The third-order valence-electron chi connectivity index (χ3n) is 2.63. The number of sulfonamides is 1. The van der Waals surface area contributed by atoms with E-state index < -0.39 is 10.0 Å². The van der Waals surface area contributed by atoms with Gasteiger partial charge in [-0.15, -0.1) is 11.3 Å². The van der Waals surface area contributed by atoms with Crippen LogP contribution in [0.25, 0.3) is 0 Å². The molecule has 0 aromatic carbocycles. The average Bonchev–Trinajstić information content (AvgIpc) is 2.98. The van der Waals surface area contributed by atoms with Crippen LogP contribution < -0.4 is 0 Å². The van der Waals surface area contributed by atoms with E-state index in [1.54, 1.807) is 7.05 Å². The number of aromatic amines is 1. The minimum Gasteiger partial charge on any atom is -0.332 e. The first-order chi connectivity index (χ1) is 8.93. The van der Waals surface area contributed by atoms with Gasteiger partial charge in [-0.05, 0) is 22.0 Å². The molecule has 0 aliphatic heterocycles. The topological polar surface area (TPSA) is 66.1 Å². The number of H-pyrrole nitrogens is 1. The minimum atomic E-state index is -3.51. The van der Waals surface area contributed by atoms with Gasteiger partial charge in [0.15, 0.2) is 5.03 Å². The van der Waals surface area contributed by atoms with Crippen LogP contribution in [0.4, 0.5) is 0 Å². The molecule has 0 spiro atoms. The normalized spacial score (nSPS) is 12.2. The lowest BCUT2D eigenvalue weighted by Crippen LogP contribution is -2.26. The third kappa shape index (κ3) is 3.25. The molecule has 0 bridgehead atoms. The second-order valence-corrected chi connectivity index (χ2v) is 7.96. The number of aryl methyl sites for hydroxylation is 1. The van der Waals surface area contributed by atoms with Crippen LogP contribution in [0.5, 0.6) is 0 Å². The predicted octanol–water partition coefficient (Wildman–Crippen LogP) is 2.62. The fourth-order valence-corrected chi connectivity index (χ4v) is 4.23. The second kappa shape index (κ2) is 5.74. The molecule has 0 amide bonds. The Labute approximate surface area is 124 Å². The van der Waals surface area contributed by atoms with Gasteiger partial charge in [0.05, 0.1) is 6.20 Å². The van der Waals surface area contributed by atoms with E-state index in [4.69, 9.17) is 0 Å². The van der Waals surface area contributed by atoms with E-state index in [0.717, 1.165) is 9.35 Å². The van der Waals surface area contributed by atoms with Crippen LogP contribution in [-0.2, 0) is 23.0 Å². The molecular formula is C11H14BrN3O2S2. The third-order valence-corrected chi connectivity index (χ3v) is 6.02. The largest absolute Gasteiger partial charge is 0.332 e. The van der Waals surface area contributed by atoms with Crippen LogP contribution >= 0.6 is 27.3 Å². The van der Waals surface area contributed by atoms with Gasteiger partial charge >= 0.3 is 0 Å². The number of nitrogens with one attached hydrogen (secondary N) is 1. The fourth-order valence-electron chi connectivity index (χ4n) is 1.56. The number of hydrogen-bond donors (Lipinski definition) is 1. The first-order valence-electron chi connectivity index (χ1n) is 5.66. The van der Waals surface area contributed by atoms with Crippen molar-refractivity contribution in [3.63, 3.8) is 0 Å². The molecule has 104 valence electrons. The van der Waals surface area contributed by atoms with Gasteiger partial charge in [-0.1, -0.05) is 6.92 Å². The summed E-state index contributed by atoms with van der Waals surface area (Å²) in [5, 5.41) is 2.07. The molecule has 0 atom stereocenters. The first kappa shape index (κ1) is 14.7. The quantitative estimate of drug-likeness (QED) is 0.887. The molecule has 0 radical (unpaired) electrons. The minimum absolute atomic E-state index is 0.141. The molecule has 0 aliphatic rings. The van der Waals surface area contributed by atoms with E-state index in [2.05, 4.69) is 25.9 Å². The predicted molar refractivity (Wildman–Crippen MR) is 78.6 cm³/mol. The summed E-state index contributed by atoms with van der Waals surface area (Å²) in [4.78, 5) is 7.84. The molecule has 0 unspecified atom stereocenters. The number of hydrogen-bond acceptors (Lipinski definition) is 4. The molecule has 2 aromatic heterocycles. The van der Waals surface area contributed by atoms with Crippen molar-refractivity contribution in [2.45, 2.75) is 24.9 Å². The number of nitrogens with zero attached hydrogens (tertiary/aromatic N) is 2. The zero-order valence-corrected chi connectivity index (χ0v) is 13.8. The fraction of sp³-hybridized carbons (Fsp3) is 0.364. The van der Waals surface area contributed by atoms with E-state index in [9.17, 15) is 8.42 Å². The highest BCUT2D eigenvalue weighted by Crippen LogP contribution is 2.23. The average molecular weight is 364 g/mol. The first-order valence-corrected chi connectivity index (χ1v) is 8.78. The Balaban J connectivity index is 2.19. The zero-order valence-electron chi connectivity index (χ0n) is 10.6. The van der Waals surface area contributed by atoms with E-state index in [-0.39, 0.29) is 5.03 Å². The number of halogens is 1. The molecule has 2 aromatic rings. The molecule has 0 saturated carbocycles. The number of thiophene rings is 1. The maximum absolute atomic E-state index is 12.3. The van der Waals surface area contributed by atoms with Crippen molar-refractivity contribution < 1.29 is 8.42 Å². The molecule has 8 heteroatoms. The Hall–Kier alpha value is -0.700. The van der Waals surface area contributed by atoms with Gasteiger partial charge in [0.25, 0.3) is 10.0 Å². The highest BCUT2D eigenvalue weighted by Gasteiger charge is 2.23. The molecular weight excluding hydrogens is 350 g/mol. The van der Waals surface area contributed by atoms with Gasteiger partial charge in [-0.2, -0.15) is 4.31 Å². The van der Waals surface area contributed by atoms with Crippen LogP contribution in [0.2, 0.25) is 0 Å². The smallest absolute Gasteiger partial charge is 0.260 e. The van der Waals surface area contributed by atoms with Crippen molar-refractivity contribution in [2.75, 3.05) is 7.05 Å². The second-order valence-electron chi connectivity index (χ2n) is 4.04. The van der Waals surface area contributed by atoms with Crippen molar-refractivity contribution >= 4 is 37.3 Å². The Morgan fingerprint density at radius 1 is 1.53 bits per heavy atom. The number of rotatable bonds is 5.